The van der Waals surface area contributed by atoms with Gasteiger partial charge in [0.05, 0.1) is 7.11 Å². The quantitative estimate of drug-likeness (QED) is 0.859. The predicted octanol–water partition coefficient (Wildman–Crippen LogP) is 2.45. The van der Waals surface area contributed by atoms with Crippen LogP contribution in [0.2, 0.25) is 0 Å². The Hall–Kier alpha value is -2.93. The molecule has 2 aromatic rings. The zero-order chi connectivity index (χ0) is 19.3. The Kier molecular flexibility index (Phi) is 5.53. The summed E-state index contributed by atoms with van der Waals surface area (Å²) in [5, 5.41) is 3.00. The van der Waals surface area contributed by atoms with Crippen LogP contribution in [0.3, 0.4) is 0 Å². The Morgan fingerprint density at radius 2 is 1.71 bits per heavy atom. The van der Waals surface area contributed by atoms with Crippen molar-refractivity contribution in [2.24, 2.45) is 0 Å². The average Bonchev–Trinajstić information content (AvgIpc) is 3.21. The zero-order valence-electron chi connectivity index (χ0n) is 16.0. The highest BCUT2D eigenvalue weighted by Gasteiger charge is 2.21. The molecular formula is C21H25N3O4. The standard InChI is InChI=1S/C21H25N3O4/c1-26-18-5-2-16(3-6-18)14-23-8-10-24(11-9-23)21(25)22-13-17-4-7-19-20(12-17)28-15-27-19/h2-7,12H,8-11,13-15H2,1H3,(H,22,25). The van der Waals surface area contributed by atoms with E-state index in [1.54, 1.807) is 7.11 Å². The lowest BCUT2D eigenvalue weighted by Crippen LogP contribution is -2.51. The molecule has 0 atom stereocenters. The van der Waals surface area contributed by atoms with Crippen LogP contribution in [0.4, 0.5) is 4.79 Å². The number of hydrogen-bond acceptors (Lipinski definition) is 5. The first kappa shape index (κ1) is 18.4. The van der Waals surface area contributed by atoms with E-state index in [0.717, 1.165) is 55.5 Å². The van der Waals surface area contributed by atoms with Crippen LogP contribution in [0.1, 0.15) is 11.1 Å². The SMILES string of the molecule is COc1ccc(CN2CCN(C(=O)NCc3ccc4c(c3)OCO4)CC2)cc1. The lowest BCUT2D eigenvalue weighted by molar-refractivity contribution is 0.135. The molecule has 7 nitrogen and oxygen atoms in total. The van der Waals surface area contributed by atoms with Crippen LogP contribution in [0.15, 0.2) is 42.5 Å². The Morgan fingerprint density at radius 3 is 2.46 bits per heavy atom. The van der Waals surface area contributed by atoms with Gasteiger partial charge in [-0.3, -0.25) is 4.90 Å². The number of amides is 2. The highest BCUT2D eigenvalue weighted by molar-refractivity contribution is 5.74. The van der Waals surface area contributed by atoms with Crippen LogP contribution in [-0.4, -0.2) is 55.9 Å². The molecule has 2 heterocycles. The molecule has 2 aliphatic rings. The largest absolute Gasteiger partial charge is 0.497 e. The van der Waals surface area contributed by atoms with Gasteiger partial charge in [0.25, 0.3) is 0 Å². The zero-order valence-corrected chi connectivity index (χ0v) is 16.0. The number of ether oxygens (including phenoxy) is 3. The number of methoxy groups -OCH3 is 1. The molecule has 1 fully saturated rings. The molecule has 1 saturated heterocycles. The molecule has 2 aliphatic heterocycles. The van der Waals surface area contributed by atoms with E-state index < -0.39 is 0 Å². The Labute approximate surface area is 164 Å². The second kappa shape index (κ2) is 8.39. The van der Waals surface area contributed by atoms with Crippen LogP contribution in [-0.2, 0) is 13.1 Å². The molecule has 0 unspecified atom stereocenters. The van der Waals surface area contributed by atoms with Gasteiger partial charge in [-0.05, 0) is 35.4 Å². The van der Waals surface area contributed by atoms with Gasteiger partial charge in [0, 0.05) is 39.3 Å². The maximum absolute atomic E-state index is 12.5. The molecular weight excluding hydrogens is 358 g/mol. The van der Waals surface area contributed by atoms with Crippen molar-refractivity contribution in [3.63, 3.8) is 0 Å². The third-order valence-corrected chi connectivity index (χ3v) is 5.11. The van der Waals surface area contributed by atoms with Crippen molar-refractivity contribution in [3.05, 3.63) is 53.6 Å². The number of fused-ring (bicyclic) bond motifs is 1. The number of hydrogen-bond donors (Lipinski definition) is 1. The van der Waals surface area contributed by atoms with E-state index in [1.807, 2.05) is 35.2 Å². The van der Waals surface area contributed by atoms with Gasteiger partial charge in [0.2, 0.25) is 6.79 Å². The van der Waals surface area contributed by atoms with Crippen molar-refractivity contribution >= 4 is 6.03 Å². The Bertz CT molecular complexity index is 817. The van der Waals surface area contributed by atoms with Crippen molar-refractivity contribution in [1.82, 2.24) is 15.1 Å². The predicted molar refractivity (Wildman–Crippen MR) is 105 cm³/mol. The summed E-state index contributed by atoms with van der Waals surface area (Å²) in [5.41, 5.74) is 2.25. The maximum Gasteiger partial charge on any atom is 0.317 e. The number of carbonyl (C=O) groups is 1. The molecule has 148 valence electrons. The van der Waals surface area contributed by atoms with Crippen molar-refractivity contribution in [1.29, 1.82) is 0 Å². The van der Waals surface area contributed by atoms with Crippen molar-refractivity contribution in [3.8, 4) is 17.2 Å². The second-order valence-electron chi connectivity index (χ2n) is 6.96. The second-order valence-corrected chi connectivity index (χ2v) is 6.96. The lowest BCUT2D eigenvalue weighted by atomic mass is 10.2. The molecule has 0 aromatic heterocycles. The normalized spacial score (nSPS) is 16.1. The van der Waals surface area contributed by atoms with E-state index in [4.69, 9.17) is 14.2 Å². The molecule has 0 bridgehead atoms. The number of nitrogens with zero attached hydrogens (tertiary/aromatic N) is 2. The van der Waals surface area contributed by atoms with Crippen molar-refractivity contribution in [2.75, 3.05) is 40.1 Å². The molecule has 0 radical (unpaired) electrons. The summed E-state index contributed by atoms with van der Waals surface area (Å²) in [7, 11) is 1.67. The van der Waals surface area contributed by atoms with Crippen LogP contribution in [0.25, 0.3) is 0 Å². The third kappa shape index (κ3) is 4.31. The highest BCUT2D eigenvalue weighted by atomic mass is 16.7. The van der Waals surface area contributed by atoms with Crippen LogP contribution in [0, 0.1) is 0 Å². The van der Waals surface area contributed by atoms with Gasteiger partial charge in [-0.25, -0.2) is 4.79 Å². The fourth-order valence-corrected chi connectivity index (χ4v) is 3.44. The minimum Gasteiger partial charge on any atom is -0.497 e. The molecule has 1 N–H and O–H groups in total. The first-order valence-corrected chi connectivity index (χ1v) is 9.48. The molecule has 7 heteroatoms. The van der Waals surface area contributed by atoms with Gasteiger partial charge < -0.3 is 24.4 Å². The molecule has 2 aromatic carbocycles. The van der Waals surface area contributed by atoms with Gasteiger partial charge >= 0.3 is 6.03 Å². The minimum absolute atomic E-state index is 0.0261. The van der Waals surface area contributed by atoms with E-state index in [0.29, 0.717) is 6.54 Å². The van der Waals surface area contributed by atoms with Gasteiger partial charge in [0.15, 0.2) is 11.5 Å². The summed E-state index contributed by atoms with van der Waals surface area (Å²) in [6.45, 7) is 4.79. The summed E-state index contributed by atoms with van der Waals surface area (Å²) in [6.07, 6.45) is 0. The minimum atomic E-state index is -0.0261. The number of benzene rings is 2. The highest BCUT2D eigenvalue weighted by Crippen LogP contribution is 2.32. The van der Waals surface area contributed by atoms with E-state index >= 15 is 0 Å². The summed E-state index contributed by atoms with van der Waals surface area (Å²) >= 11 is 0. The first-order chi connectivity index (χ1) is 13.7. The monoisotopic (exact) mass is 383 g/mol. The molecule has 28 heavy (non-hydrogen) atoms. The smallest absolute Gasteiger partial charge is 0.317 e. The van der Waals surface area contributed by atoms with Crippen molar-refractivity contribution in [2.45, 2.75) is 13.1 Å². The van der Waals surface area contributed by atoms with Crippen LogP contribution < -0.4 is 19.5 Å². The first-order valence-electron chi connectivity index (χ1n) is 9.48. The van der Waals surface area contributed by atoms with E-state index in [9.17, 15) is 4.79 Å². The summed E-state index contributed by atoms with van der Waals surface area (Å²) in [6, 6.07) is 13.8. The number of rotatable bonds is 5. The van der Waals surface area contributed by atoms with Crippen LogP contribution >= 0.6 is 0 Å². The van der Waals surface area contributed by atoms with Gasteiger partial charge in [-0.15, -0.1) is 0 Å². The number of urea groups is 1. The summed E-state index contributed by atoms with van der Waals surface area (Å²) in [4.78, 5) is 16.7. The summed E-state index contributed by atoms with van der Waals surface area (Å²) in [5.74, 6) is 2.36. The van der Waals surface area contributed by atoms with Gasteiger partial charge in [-0.1, -0.05) is 18.2 Å². The number of carbonyl (C=O) groups excluding carboxylic acids is 1. The third-order valence-electron chi connectivity index (χ3n) is 5.11. The van der Waals surface area contributed by atoms with Crippen molar-refractivity contribution < 1.29 is 19.0 Å². The summed E-state index contributed by atoms with van der Waals surface area (Å²) < 4.78 is 15.9. The molecule has 4 rings (SSSR count). The molecule has 0 aliphatic carbocycles. The molecule has 0 saturated carbocycles. The fraction of sp³-hybridized carbons (Fsp3) is 0.381. The fourth-order valence-electron chi connectivity index (χ4n) is 3.44. The van der Waals surface area contributed by atoms with E-state index in [-0.39, 0.29) is 12.8 Å². The Morgan fingerprint density at radius 1 is 1.00 bits per heavy atom. The van der Waals surface area contributed by atoms with Crippen LogP contribution in [0.5, 0.6) is 17.2 Å². The number of piperazine rings is 1. The average molecular weight is 383 g/mol. The topological polar surface area (TPSA) is 63.3 Å². The molecule has 0 spiro atoms. The van der Waals surface area contributed by atoms with E-state index in [1.165, 1.54) is 5.56 Å². The van der Waals surface area contributed by atoms with Gasteiger partial charge in [-0.2, -0.15) is 0 Å². The maximum atomic E-state index is 12.5. The van der Waals surface area contributed by atoms with E-state index in [2.05, 4.69) is 22.3 Å². The van der Waals surface area contributed by atoms with Gasteiger partial charge in [0.1, 0.15) is 5.75 Å². The Balaban J connectivity index is 1.22. The molecule has 2 amide bonds. The number of nitrogens with one attached hydrogen (secondary N) is 1. The lowest BCUT2D eigenvalue weighted by Gasteiger charge is -2.34.